The molecular weight excluding hydrogens is 334 g/mol. The molecule has 0 unspecified atom stereocenters. The first-order chi connectivity index (χ1) is 12.5. The third-order valence-electron chi connectivity index (χ3n) is 4.77. The van der Waals surface area contributed by atoms with Gasteiger partial charge in [0.2, 0.25) is 0 Å². The molecule has 0 saturated carbocycles. The molecule has 4 rings (SSSR count). The number of benzene rings is 2. The van der Waals surface area contributed by atoms with Crippen LogP contribution in [0, 0.1) is 0 Å². The maximum absolute atomic E-state index is 12.8. The van der Waals surface area contributed by atoms with Crippen LogP contribution in [0.2, 0.25) is 0 Å². The lowest BCUT2D eigenvalue weighted by Crippen LogP contribution is -2.23. The van der Waals surface area contributed by atoms with E-state index in [9.17, 15) is 19.5 Å². The molecule has 2 aliphatic carbocycles. The van der Waals surface area contributed by atoms with Crippen LogP contribution in [0.5, 0.6) is 0 Å². The van der Waals surface area contributed by atoms with Crippen molar-refractivity contribution in [3.8, 4) is 0 Å². The lowest BCUT2D eigenvalue weighted by molar-refractivity contribution is 0.0978. The molecule has 0 fully saturated rings. The molecule has 0 radical (unpaired) electrons. The minimum atomic E-state index is -0.995. The number of aliphatic hydroxyl groups is 1. The number of aliphatic hydroxyl groups excluding tert-OH is 1. The smallest absolute Gasteiger partial charge is 0.404 e. The number of hydrogen-bond acceptors (Lipinski definition) is 4. The highest BCUT2D eigenvalue weighted by Gasteiger charge is 2.34. The van der Waals surface area contributed by atoms with Crippen LogP contribution < -0.4 is 5.32 Å². The molecule has 0 bridgehead atoms. The van der Waals surface area contributed by atoms with Gasteiger partial charge in [-0.3, -0.25) is 9.59 Å². The van der Waals surface area contributed by atoms with Crippen LogP contribution in [0.25, 0.3) is 0 Å². The topological polar surface area (TPSA) is 104 Å². The van der Waals surface area contributed by atoms with Crippen molar-refractivity contribution < 1.29 is 24.6 Å². The van der Waals surface area contributed by atoms with Gasteiger partial charge in [0.15, 0.2) is 11.6 Å². The van der Waals surface area contributed by atoms with Gasteiger partial charge in [-0.2, -0.15) is 0 Å². The van der Waals surface area contributed by atoms with Crippen molar-refractivity contribution in [3.63, 3.8) is 0 Å². The summed E-state index contributed by atoms with van der Waals surface area (Å²) in [5, 5.41) is 19.1. The number of amides is 1. The number of ketones is 2. The normalized spacial score (nSPS) is 13.9. The molecule has 0 aromatic heterocycles. The second-order valence-corrected chi connectivity index (χ2v) is 6.19. The first kappa shape index (κ1) is 17.8. The molecule has 6 heteroatoms. The molecule has 0 aliphatic heterocycles. The maximum atomic E-state index is 12.8. The van der Waals surface area contributed by atoms with Crippen LogP contribution in [0.15, 0.2) is 30.3 Å². The lowest BCUT2D eigenvalue weighted by Gasteiger charge is -2.21. The minimum Gasteiger partial charge on any atom is -0.465 e. The SMILES string of the molecule is CNC(=O)O.O=C1c2ccccc2C(=O)c2c1cc(CO)c1c2CCC1. The molecule has 3 N–H and O–H groups in total. The van der Waals surface area contributed by atoms with E-state index in [2.05, 4.69) is 0 Å². The summed E-state index contributed by atoms with van der Waals surface area (Å²) < 4.78 is 0. The second-order valence-electron chi connectivity index (χ2n) is 6.19. The summed E-state index contributed by atoms with van der Waals surface area (Å²) in [6.45, 7) is -0.0846. The van der Waals surface area contributed by atoms with E-state index >= 15 is 0 Å². The molecule has 134 valence electrons. The molecule has 2 aliphatic rings. The lowest BCUT2D eigenvalue weighted by atomic mass is 9.79. The number of carbonyl (C=O) groups excluding carboxylic acids is 2. The Bertz CT molecular complexity index is 917. The van der Waals surface area contributed by atoms with E-state index in [1.165, 1.54) is 7.05 Å². The van der Waals surface area contributed by atoms with Crippen LogP contribution in [-0.2, 0) is 19.4 Å². The highest BCUT2D eigenvalue weighted by Crippen LogP contribution is 2.37. The molecule has 6 nitrogen and oxygen atoms in total. The van der Waals surface area contributed by atoms with Crippen LogP contribution >= 0.6 is 0 Å². The Morgan fingerprint density at radius 3 is 2.19 bits per heavy atom. The van der Waals surface area contributed by atoms with Gasteiger partial charge in [-0.1, -0.05) is 24.3 Å². The van der Waals surface area contributed by atoms with Gasteiger partial charge in [-0.25, -0.2) is 4.79 Å². The van der Waals surface area contributed by atoms with Crippen molar-refractivity contribution in [1.29, 1.82) is 0 Å². The third-order valence-corrected chi connectivity index (χ3v) is 4.77. The van der Waals surface area contributed by atoms with E-state index < -0.39 is 6.09 Å². The molecule has 1 amide bonds. The van der Waals surface area contributed by atoms with Gasteiger partial charge >= 0.3 is 6.09 Å². The molecule has 0 atom stereocenters. The number of rotatable bonds is 1. The van der Waals surface area contributed by atoms with Crippen LogP contribution in [0.1, 0.15) is 55.0 Å². The monoisotopic (exact) mass is 353 g/mol. The Morgan fingerprint density at radius 2 is 1.62 bits per heavy atom. The predicted molar refractivity (Wildman–Crippen MR) is 94.8 cm³/mol. The summed E-state index contributed by atoms with van der Waals surface area (Å²) in [5.74, 6) is -0.160. The number of hydrogen-bond donors (Lipinski definition) is 3. The number of carboxylic acid groups (broad SMARTS) is 1. The molecule has 2 aromatic rings. The Kier molecular flexibility index (Phi) is 4.86. The number of fused-ring (bicyclic) bond motifs is 4. The summed E-state index contributed by atoms with van der Waals surface area (Å²) in [5.41, 5.74) is 4.84. The van der Waals surface area contributed by atoms with E-state index in [0.29, 0.717) is 22.3 Å². The van der Waals surface area contributed by atoms with Crippen molar-refractivity contribution >= 4 is 17.7 Å². The highest BCUT2D eigenvalue weighted by molar-refractivity contribution is 6.29. The molecule has 26 heavy (non-hydrogen) atoms. The molecule has 0 heterocycles. The summed E-state index contributed by atoms with van der Waals surface area (Å²) >= 11 is 0. The van der Waals surface area contributed by atoms with Gasteiger partial charge in [-0.15, -0.1) is 0 Å². The van der Waals surface area contributed by atoms with Crippen LogP contribution in [0.3, 0.4) is 0 Å². The maximum Gasteiger partial charge on any atom is 0.404 e. The Balaban J connectivity index is 0.000000349. The average Bonchev–Trinajstić information content (AvgIpc) is 3.15. The molecule has 0 saturated heterocycles. The van der Waals surface area contributed by atoms with Gasteiger partial charge < -0.3 is 15.5 Å². The number of nitrogens with one attached hydrogen (secondary N) is 1. The fourth-order valence-electron chi connectivity index (χ4n) is 3.61. The van der Waals surface area contributed by atoms with E-state index in [4.69, 9.17) is 5.11 Å². The van der Waals surface area contributed by atoms with Crippen molar-refractivity contribution in [2.75, 3.05) is 7.05 Å². The fourth-order valence-corrected chi connectivity index (χ4v) is 3.61. The van der Waals surface area contributed by atoms with Gasteiger partial charge in [0.1, 0.15) is 0 Å². The van der Waals surface area contributed by atoms with Crippen LogP contribution in [-0.4, -0.2) is 34.9 Å². The quantitative estimate of drug-likeness (QED) is 0.623. The Labute approximate surface area is 150 Å². The van der Waals surface area contributed by atoms with Crippen molar-refractivity contribution in [2.24, 2.45) is 0 Å². The predicted octanol–water partition coefficient (Wildman–Crippen LogP) is 2.33. The van der Waals surface area contributed by atoms with E-state index in [-0.39, 0.29) is 18.2 Å². The first-order valence-corrected chi connectivity index (χ1v) is 8.37. The Hall–Kier alpha value is -2.99. The molecule has 2 aromatic carbocycles. The van der Waals surface area contributed by atoms with Gasteiger partial charge in [-0.05, 0) is 42.0 Å². The van der Waals surface area contributed by atoms with Crippen molar-refractivity contribution in [2.45, 2.75) is 25.9 Å². The van der Waals surface area contributed by atoms with E-state index in [1.54, 1.807) is 30.3 Å². The zero-order chi connectivity index (χ0) is 18.8. The minimum absolute atomic E-state index is 0.0529. The third kappa shape index (κ3) is 2.88. The highest BCUT2D eigenvalue weighted by atomic mass is 16.4. The van der Waals surface area contributed by atoms with Gasteiger partial charge in [0, 0.05) is 29.3 Å². The fraction of sp³-hybridized carbons (Fsp3) is 0.250. The average molecular weight is 353 g/mol. The van der Waals surface area contributed by atoms with Crippen LogP contribution in [0.4, 0.5) is 4.79 Å². The zero-order valence-corrected chi connectivity index (χ0v) is 14.3. The van der Waals surface area contributed by atoms with Gasteiger partial charge in [0.25, 0.3) is 0 Å². The standard InChI is InChI=1S/C18H14O3.C2H5NO2/c19-9-10-8-15-16(12-7-3-6-11(10)12)18(21)14-5-2-1-4-13(14)17(15)20;1-3-2(4)5/h1-2,4-5,8,19H,3,6-7,9H2;3H,1H3,(H,4,5). The number of carbonyl (C=O) groups is 3. The Morgan fingerprint density at radius 1 is 1.04 bits per heavy atom. The zero-order valence-electron chi connectivity index (χ0n) is 14.3. The summed E-state index contributed by atoms with van der Waals surface area (Å²) in [6.07, 6.45) is 1.67. The summed E-state index contributed by atoms with van der Waals surface area (Å²) in [4.78, 5) is 34.7. The molecule has 0 spiro atoms. The second kappa shape index (κ2) is 7.09. The van der Waals surface area contributed by atoms with Gasteiger partial charge in [0.05, 0.1) is 6.61 Å². The molecular formula is C20H19NO5. The summed E-state index contributed by atoms with van der Waals surface area (Å²) in [6, 6.07) is 8.70. The van der Waals surface area contributed by atoms with E-state index in [0.717, 1.165) is 36.0 Å². The van der Waals surface area contributed by atoms with E-state index in [1.807, 2.05) is 5.32 Å². The first-order valence-electron chi connectivity index (χ1n) is 8.37. The van der Waals surface area contributed by atoms with Crippen molar-refractivity contribution in [3.05, 3.63) is 69.3 Å². The van der Waals surface area contributed by atoms with Crippen molar-refractivity contribution in [1.82, 2.24) is 5.32 Å². The largest absolute Gasteiger partial charge is 0.465 e. The summed E-state index contributed by atoms with van der Waals surface area (Å²) in [7, 11) is 1.35.